The third-order valence-electron chi connectivity index (χ3n) is 4.04. The van der Waals surface area contributed by atoms with Gasteiger partial charge in [0.1, 0.15) is 29.0 Å². The maximum absolute atomic E-state index is 13.8. The minimum atomic E-state index is -0.983. The Labute approximate surface area is 163 Å². The van der Waals surface area contributed by atoms with Gasteiger partial charge in [0.05, 0.1) is 11.1 Å². The molecule has 1 atom stereocenters. The molecule has 0 aliphatic heterocycles. The summed E-state index contributed by atoms with van der Waals surface area (Å²) in [5.41, 5.74) is 0.0576. The largest absolute Gasteiger partial charge is 0.456 e. The maximum atomic E-state index is 13.8. The molecular formula is C19H18FN3O4S. The minimum Gasteiger partial charge on any atom is -0.456 e. The van der Waals surface area contributed by atoms with E-state index in [0.29, 0.717) is 10.2 Å². The molecule has 0 fully saturated rings. The van der Waals surface area contributed by atoms with Crippen LogP contribution in [-0.4, -0.2) is 27.9 Å². The number of nitrogens with one attached hydrogen (secondary N) is 2. The third-order valence-corrected chi connectivity index (χ3v) is 4.94. The smallest absolute Gasteiger partial charge is 0.329 e. The van der Waals surface area contributed by atoms with Gasteiger partial charge in [-0.2, -0.15) is 0 Å². The van der Waals surface area contributed by atoms with Gasteiger partial charge >= 0.3 is 5.97 Å². The quantitative estimate of drug-likeness (QED) is 0.616. The van der Waals surface area contributed by atoms with Crippen LogP contribution in [0.2, 0.25) is 0 Å². The lowest BCUT2D eigenvalue weighted by molar-refractivity contribution is -0.148. The number of hydrogen-bond acceptors (Lipinski definition) is 6. The Morgan fingerprint density at radius 3 is 2.75 bits per heavy atom. The van der Waals surface area contributed by atoms with E-state index >= 15 is 0 Å². The normalized spacial score (nSPS) is 12.1. The fourth-order valence-corrected chi connectivity index (χ4v) is 3.31. The Balaban J connectivity index is 1.69. The number of aromatic amines is 1. The molecule has 2 aromatic heterocycles. The molecule has 28 heavy (non-hydrogen) atoms. The average molecular weight is 403 g/mol. The first-order chi connectivity index (χ1) is 13.4. The molecule has 2 heterocycles. The second-order valence-electron chi connectivity index (χ2n) is 6.43. The molecule has 0 aliphatic carbocycles. The van der Waals surface area contributed by atoms with Crippen LogP contribution in [0, 0.1) is 11.7 Å². The SMILES string of the molecule is CC(C)[C@H](NC(=O)c1ccccc1F)C(=O)OCc1nc2ccsc2c(=O)[nH]1. The van der Waals surface area contributed by atoms with E-state index in [0.717, 1.165) is 0 Å². The fraction of sp³-hybridized carbons (Fsp3) is 0.263. The van der Waals surface area contributed by atoms with E-state index in [-0.39, 0.29) is 29.5 Å². The first-order valence-corrected chi connectivity index (χ1v) is 9.43. The highest BCUT2D eigenvalue weighted by Gasteiger charge is 2.27. The molecule has 146 valence electrons. The Bertz CT molecular complexity index is 1080. The molecule has 0 spiro atoms. The predicted octanol–water partition coefficient (Wildman–Crippen LogP) is 2.62. The van der Waals surface area contributed by atoms with E-state index in [1.807, 2.05) is 0 Å². The number of benzene rings is 1. The van der Waals surface area contributed by atoms with E-state index in [9.17, 15) is 18.8 Å². The summed E-state index contributed by atoms with van der Waals surface area (Å²) in [6, 6.07) is 6.22. The topological polar surface area (TPSA) is 101 Å². The lowest BCUT2D eigenvalue weighted by Crippen LogP contribution is -2.45. The molecular weight excluding hydrogens is 385 g/mol. The average Bonchev–Trinajstić information content (AvgIpc) is 3.13. The second-order valence-corrected chi connectivity index (χ2v) is 7.35. The van der Waals surface area contributed by atoms with Gasteiger partial charge in [0.25, 0.3) is 11.5 Å². The summed E-state index contributed by atoms with van der Waals surface area (Å²) in [5.74, 6) is -2.18. The molecule has 0 aliphatic rings. The number of ether oxygens (including phenoxy) is 1. The highest BCUT2D eigenvalue weighted by atomic mass is 32.1. The number of carbonyl (C=O) groups excluding carboxylic acids is 2. The lowest BCUT2D eigenvalue weighted by atomic mass is 10.0. The predicted molar refractivity (Wildman–Crippen MR) is 103 cm³/mol. The van der Waals surface area contributed by atoms with E-state index in [1.54, 1.807) is 25.3 Å². The Hall–Kier alpha value is -3.07. The number of hydrogen-bond donors (Lipinski definition) is 2. The van der Waals surface area contributed by atoms with Crippen LogP contribution in [0.15, 0.2) is 40.5 Å². The van der Waals surface area contributed by atoms with Crippen molar-refractivity contribution in [1.82, 2.24) is 15.3 Å². The summed E-state index contributed by atoms with van der Waals surface area (Å²) in [7, 11) is 0. The number of aromatic nitrogens is 2. The Kier molecular flexibility index (Phi) is 5.84. The van der Waals surface area contributed by atoms with Gasteiger partial charge in [-0.05, 0) is 29.5 Å². The van der Waals surface area contributed by atoms with Crippen molar-refractivity contribution < 1.29 is 18.7 Å². The van der Waals surface area contributed by atoms with Crippen LogP contribution in [0.1, 0.15) is 30.0 Å². The minimum absolute atomic E-state index is 0.158. The summed E-state index contributed by atoms with van der Waals surface area (Å²) in [6.07, 6.45) is 0. The zero-order valence-electron chi connectivity index (χ0n) is 15.2. The van der Waals surface area contributed by atoms with Crippen LogP contribution < -0.4 is 10.9 Å². The zero-order chi connectivity index (χ0) is 20.3. The van der Waals surface area contributed by atoms with Crippen molar-refractivity contribution in [1.29, 1.82) is 0 Å². The molecule has 3 aromatic rings. The standard InChI is InChI=1S/C19H18FN3O4S/c1-10(2)15(23-17(24)11-5-3-4-6-12(11)20)19(26)27-9-14-21-13-7-8-28-16(13)18(25)22-14/h3-8,10,15H,9H2,1-2H3,(H,23,24)(H,21,22,25)/t15-/m0/s1. The van der Waals surface area contributed by atoms with Crippen LogP contribution >= 0.6 is 11.3 Å². The van der Waals surface area contributed by atoms with Gasteiger partial charge in [-0.1, -0.05) is 26.0 Å². The molecule has 1 aromatic carbocycles. The van der Waals surface area contributed by atoms with Gasteiger partial charge < -0.3 is 15.0 Å². The summed E-state index contributed by atoms with van der Waals surface area (Å²) >= 11 is 1.27. The number of H-pyrrole nitrogens is 1. The summed E-state index contributed by atoms with van der Waals surface area (Å²) in [4.78, 5) is 43.5. The number of thiophene rings is 1. The first kappa shape index (κ1) is 19.7. The number of carbonyl (C=O) groups is 2. The van der Waals surface area contributed by atoms with Crippen molar-refractivity contribution in [2.75, 3.05) is 0 Å². The molecule has 1 amide bonds. The number of esters is 1. The molecule has 9 heteroatoms. The number of fused-ring (bicyclic) bond motifs is 1. The van der Waals surface area contributed by atoms with Crippen LogP contribution in [0.4, 0.5) is 4.39 Å². The molecule has 0 radical (unpaired) electrons. The van der Waals surface area contributed by atoms with Crippen molar-refractivity contribution in [2.45, 2.75) is 26.5 Å². The Morgan fingerprint density at radius 2 is 2.04 bits per heavy atom. The van der Waals surface area contributed by atoms with E-state index in [2.05, 4.69) is 15.3 Å². The van der Waals surface area contributed by atoms with Crippen LogP contribution in [0.25, 0.3) is 10.2 Å². The van der Waals surface area contributed by atoms with Crippen LogP contribution in [-0.2, 0) is 16.1 Å². The van der Waals surface area contributed by atoms with Crippen molar-refractivity contribution in [2.24, 2.45) is 5.92 Å². The van der Waals surface area contributed by atoms with Gasteiger partial charge in [0.2, 0.25) is 0 Å². The van der Waals surface area contributed by atoms with E-state index in [4.69, 9.17) is 4.74 Å². The lowest BCUT2D eigenvalue weighted by Gasteiger charge is -2.21. The third kappa shape index (κ3) is 4.25. The number of nitrogens with zero attached hydrogens (tertiary/aromatic N) is 1. The van der Waals surface area contributed by atoms with Crippen LogP contribution in [0.3, 0.4) is 0 Å². The molecule has 0 saturated carbocycles. The second kappa shape index (κ2) is 8.30. The van der Waals surface area contributed by atoms with Gasteiger partial charge in [-0.25, -0.2) is 14.2 Å². The highest BCUT2D eigenvalue weighted by molar-refractivity contribution is 7.17. The van der Waals surface area contributed by atoms with E-state index < -0.39 is 23.7 Å². The van der Waals surface area contributed by atoms with Gasteiger partial charge in [-0.3, -0.25) is 9.59 Å². The summed E-state index contributed by atoms with van der Waals surface area (Å²) < 4.78 is 19.5. The molecule has 3 rings (SSSR count). The summed E-state index contributed by atoms with van der Waals surface area (Å²) in [6.45, 7) is 3.20. The summed E-state index contributed by atoms with van der Waals surface area (Å²) in [5, 5.41) is 4.25. The molecule has 0 unspecified atom stereocenters. The zero-order valence-corrected chi connectivity index (χ0v) is 16.0. The highest BCUT2D eigenvalue weighted by Crippen LogP contribution is 2.14. The van der Waals surface area contributed by atoms with Gasteiger partial charge in [0, 0.05) is 0 Å². The first-order valence-electron chi connectivity index (χ1n) is 8.55. The molecule has 0 bridgehead atoms. The van der Waals surface area contributed by atoms with Crippen molar-refractivity contribution >= 4 is 33.4 Å². The fourth-order valence-electron chi connectivity index (χ4n) is 2.58. The number of amides is 1. The number of halogens is 1. The van der Waals surface area contributed by atoms with Crippen molar-refractivity contribution in [3.63, 3.8) is 0 Å². The molecule has 7 nitrogen and oxygen atoms in total. The number of rotatable bonds is 6. The maximum Gasteiger partial charge on any atom is 0.329 e. The van der Waals surface area contributed by atoms with Crippen molar-refractivity contribution in [3.8, 4) is 0 Å². The van der Waals surface area contributed by atoms with Gasteiger partial charge in [-0.15, -0.1) is 11.3 Å². The molecule has 0 saturated heterocycles. The van der Waals surface area contributed by atoms with Crippen LogP contribution in [0.5, 0.6) is 0 Å². The van der Waals surface area contributed by atoms with Gasteiger partial charge in [0.15, 0.2) is 0 Å². The molecule has 2 N–H and O–H groups in total. The Morgan fingerprint density at radius 1 is 1.29 bits per heavy atom. The van der Waals surface area contributed by atoms with Crippen molar-refractivity contribution in [3.05, 3.63) is 63.3 Å². The monoisotopic (exact) mass is 403 g/mol. The van der Waals surface area contributed by atoms with E-state index in [1.165, 1.54) is 35.6 Å².